The monoisotopic (exact) mass is 193 g/mol. The van der Waals surface area contributed by atoms with E-state index in [2.05, 4.69) is 13.8 Å². The minimum Gasteiger partial charge on any atom is -0.493 e. The molecule has 2 nitrogen and oxygen atoms in total. The van der Waals surface area contributed by atoms with E-state index in [1.807, 2.05) is 25.1 Å². The highest BCUT2D eigenvalue weighted by molar-refractivity contribution is 5.51. The summed E-state index contributed by atoms with van der Waals surface area (Å²) in [5.41, 5.74) is 1.11. The fourth-order valence-electron chi connectivity index (χ4n) is 1.39. The average molecular weight is 193 g/mol. The molecule has 0 aliphatic rings. The maximum absolute atomic E-state index is 5.48. The Morgan fingerprint density at radius 3 is 2.50 bits per heavy atom. The summed E-state index contributed by atoms with van der Waals surface area (Å²) < 4.78 is 10.8. The predicted octanol–water partition coefficient (Wildman–Crippen LogP) is 3.06. The van der Waals surface area contributed by atoms with Crippen LogP contribution in [0.3, 0.4) is 0 Å². The number of para-hydroxylation sites is 1. The molecule has 0 atom stereocenters. The first-order valence-electron chi connectivity index (χ1n) is 4.81. The van der Waals surface area contributed by atoms with Gasteiger partial charge in [-0.3, -0.25) is 0 Å². The molecule has 0 unspecified atom stereocenters. The van der Waals surface area contributed by atoms with Crippen LogP contribution in [0.15, 0.2) is 18.2 Å². The van der Waals surface area contributed by atoms with Crippen molar-refractivity contribution in [1.82, 2.24) is 0 Å². The van der Waals surface area contributed by atoms with Crippen LogP contribution in [0.25, 0.3) is 0 Å². The molecule has 77 valence electrons. The summed E-state index contributed by atoms with van der Waals surface area (Å²) in [6.07, 6.45) is 0. The van der Waals surface area contributed by atoms with Crippen LogP contribution in [0.4, 0.5) is 0 Å². The van der Waals surface area contributed by atoms with E-state index < -0.39 is 0 Å². The summed E-state index contributed by atoms with van der Waals surface area (Å²) in [5.74, 6) is 2.87. The molecule has 1 aromatic carbocycles. The Morgan fingerprint density at radius 2 is 2.00 bits per heavy atom. The third-order valence-corrected chi connectivity index (χ3v) is 2.02. The summed E-state index contributed by atoms with van der Waals surface area (Å²) in [6.45, 7) is 6.75. The summed E-state index contributed by atoms with van der Waals surface area (Å²) in [4.78, 5) is 0. The smallest absolute Gasteiger partial charge is 0.164 e. The van der Waals surface area contributed by atoms with Crippen LogP contribution >= 0.6 is 0 Å². The number of ether oxygens (including phenoxy) is 2. The highest BCUT2D eigenvalue weighted by Gasteiger charge is 2.12. The van der Waals surface area contributed by atoms with Gasteiger partial charge in [0.1, 0.15) is 0 Å². The van der Waals surface area contributed by atoms with Crippen molar-refractivity contribution in [2.45, 2.75) is 20.8 Å². The third-order valence-electron chi connectivity index (χ3n) is 2.02. The zero-order valence-electron chi connectivity index (χ0n) is 9.26. The van der Waals surface area contributed by atoms with Crippen molar-refractivity contribution in [3.05, 3.63) is 29.7 Å². The van der Waals surface area contributed by atoms with E-state index >= 15 is 0 Å². The molecule has 0 aliphatic heterocycles. The normalized spacial score (nSPS) is 10.4. The molecule has 0 aromatic heterocycles. The van der Waals surface area contributed by atoms with E-state index in [0.717, 1.165) is 17.1 Å². The topological polar surface area (TPSA) is 18.5 Å². The van der Waals surface area contributed by atoms with Crippen molar-refractivity contribution in [2.24, 2.45) is 0 Å². The second-order valence-corrected chi connectivity index (χ2v) is 3.27. The number of methoxy groups -OCH3 is 1. The molecule has 0 amide bonds. The molecule has 14 heavy (non-hydrogen) atoms. The van der Waals surface area contributed by atoms with E-state index in [0.29, 0.717) is 6.61 Å². The first-order chi connectivity index (χ1) is 6.70. The number of benzene rings is 1. The Bertz CT molecular complexity index is 292. The van der Waals surface area contributed by atoms with Crippen LogP contribution in [-0.2, 0) is 0 Å². The minimum absolute atomic E-state index is 0.655. The van der Waals surface area contributed by atoms with Gasteiger partial charge in [-0.2, -0.15) is 0 Å². The Labute approximate surface area is 85.8 Å². The summed E-state index contributed by atoms with van der Waals surface area (Å²) in [5, 5.41) is 0. The Hall–Kier alpha value is -1.18. The standard InChI is InChI=1S/C12H17O2/c1-5-14-11-8-6-7-10(9(2)3)12(11)13-4/h6-8H,5H2,1-4H3. The van der Waals surface area contributed by atoms with Gasteiger partial charge in [0.05, 0.1) is 13.7 Å². The molecule has 0 spiro atoms. The lowest BCUT2D eigenvalue weighted by molar-refractivity contribution is 0.309. The zero-order valence-corrected chi connectivity index (χ0v) is 9.26. The van der Waals surface area contributed by atoms with Crippen molar-refractivity contribution in [2.75, 3.05) is 13.7 Å². The largest absolute Gasteiger partial charge is 0.493 e. The SMILES string of the molecule is CCOc1cccc([C](C)C)c1OC. The molecule has 0 saturated carbocycles. The van der Waals surface area contributed by atoms with Crippen LogP contribution in [0, 0.1) is 5.92 Å². The lowest BCUT2D eigenvalue weighted by Gasteiger charge is -2.15. The van der Waals surface area contributed by atoms with Crippen LogP contribution in [0.5, 0.6) is 11.5 Å². The first kappa shape index (κ1) is 10.9. The molecule has 0 N–H and O–H groups in total. The molecule has 0 bridgehead atoms. The number of rotatable bonds is 4. The molecular formula is C12H17O2. The third kappa shape index (κ3) is 2.19. The molecule has 0 heterocycles. The Balaban J connectivity index is 3.11. The fraction of sp³-hybridized carbons (Fsp3) is 0.417. The van der Waals surface area contributed by atoms with Gasteiger partial charge in [0.25, 0.3) is 0 Å². The highest BCUT2D eigenvalue weighted by atomic mass is 16.5. The second kappa shape index (κ2) is 4.89. The maximum atomic E-state index is 5.48. The Kier molecular flexibility index (Phi) is 3.81. The molecule has 0 fully saturated rings. The van der Waals surface area contributed by atoms with Gasteiger partial charge in [-0.1, -0.05) is 26.0 Å². The van der Waals surface area contributed by atoms with E-state index in [1.165, 1.54) is 5.92 Å². The van der Waals surface area contributed by atoms with Crippen molar-refractivity contribution < 1.29 is 9.47 Å². The van der Waals surface area contributed by atoms with Gasteiger partial charge in [0.2, 0.25) is 0 Å². The van der Waals surface area contributed by atoms with Gasteiger partial charge in [0, 0.05) is 11.5 Å². The molecule has 1 radical (unpaired) electrons. The molecule has 1 rings (SSSR count). The molecule has 0 aliphatic carbocycles. The highest BCUT2D eigenvalue weighted by Crippen LogP contribution is 2.34. The van der Waals surface area contributed by atoms with Crippen LogP contribution < -0.4 is 9.47 Å². The van der Waals surface area contributed by atoms with Gasteiger partial charge in [-0.05, 0) is 13.0 Å². The van der Waals surface area contributed by atoms with Crippen LogP contribution in [0.2, 0.25) is 0 Å². The first-order valence-corrected chi connectivity index (χ1v) is 4.81. The maximum Gasteiger partial charge on any atom is 0.164 e. The van der Waals surface area contributed by atoms with Crippen LogP contribution in [-0.4, -0.2) is 13.7 Å². The molecule has 0 saturated heterocycles. The fourth-order valence-corrected chi connectivity index (χ4v) is 1.39. The number of hydrogen-bond donors (Lipinski definition) is 0. The van der Waals surface area contributed by atoms with Gasteiger partial charge in [-0.25, -0.2) is 0 Å². The van der Waals surface area contributed by atoms with Gasteiger partial charge < -0.3 is 9.47 Å². The summed E-state index contributed by atoms with van der Waals surface area (Å²) in [7, 11) is 1.67. The van der Waals surface area contributed by atoms with Crippen molar-refractivity contribution >= 4 is 0 Å². The van der Waals surface area contributed by atoms with Crippen molar-refractivity contribution in [1.29, 1.82) is 0 Å². The van der Waals surface area contributed by atoms with Gasteiger partial charge in [0.15, 0.2) is 11.5 Å². The lowest BCUT2D eigenvalue weighted by Crippen LogP contribution is -2.00. The van der Waals surface area contributed by atoms with Crippen molar-refractivity contribution in [3.63, 3.8) is 0 Å². The van der Waals surface area contributed by atoms with Crippen LogP contribution in [0.1, 0.15) is 26.3 Å². The van der Waals surface area contributed by atoms with E-state index in [9.17, 15) is 0 Å². The minimum atomic E-state index is 0.655. The second-order valence-electron chi connectivity index (χ2n) is 3.27. The van der Waals surface area contributed by atoms with E-state index in [-0.39, 0.29) is 0 Å². The molecule has 1 aromatic rings. The Morgan fingerprint density at radius 1 is 1.29 bits per heavy atom. The predicted molar refractivity (Wildman–Crippen MR) is 57.9 cm³/mol. The lowest BCUT2D eigenvalue weighted by atomic mass is 10.0. The van der Waals surface area contributed by atoms with Gasteiger partial charge in [-0.15, -0.1) is 0 Å². The van der Waals surface area contributed by atoms with Gasteiger partial charge >= 0.3 is 0 Å². The quantitative estimate of drug-likeness (QED) is 0.731. The number of hydrogen-bond acceptors (Lipinski definition) is 2. The van der Waals surface area contributed by atoms with E-state index in [1.54, 1.807) is 7.11 Å². The molecular weight excluding hydrogens is 176 g/mol. The molecule has 2 heteroatoms. The van der Waals surface area contributed by atoms with Crippen molar-refractivity contribution in [3.8, 4) is 11.5 Å². The summed E-state index contributed by atoms with van der Waals surface area (Å²) in [6, 6.07) is 5.95. The summed E-state index contributed by atoms with van der Waals surface area (Å²) >= 11 is 0. The average Bonchev–Trinajstić information content (AvgIpc) is 2.18. The van der Waals surface area contributed by atoms with E-state index in [4.69, 9.17) is 9.47 Å². The zero-order chi connectivity index (χ0) is 10.6.